The molecule has 3 aromatic rings. The van der Waals surface area contributed by atoms with E-state index in [1.165, 1.54) is 22.3 Å². The van der Waals surface area contributed by atoms with Crippen molar-refractivity contribution in [3.63, 3.8) is 0 Å². The van der Waals surface area contributed by atoms with E-state index in [0.717, 1.165) is 12.4 Å². The van der Waals surface area contributed by atoms with Crippen molar-refractivity contribution in [2.24, 2.45) is 0 Å². The monoisotopic (exact) mass is 319 g/mol. The summed E-state index contributed by atoms with van der Waals surface area (Å²) in [5, 5.41) is 7.87. The van der Waals surface area contributed by atoms with E-state index >= 15 is 0 Å². The normalized spacial score (nSPS) is 19.6. The summed E-state index contributed by atoms with van der Waals surface area (Å²) in [6.45, 7) is 4.20. The average molecular weight is 319 g/mol. The number of hydrogen-bond acceptors (Lipinski definition) is 4. The standard InChI is InChI=1S/C19H21N5/c1-12-3-7-14(8-4-12)16-11-17(15-9-5-13(2)6-10-15)24-19(21-16)22-18(20)23-24/h3-10,16-17H,11H2,1-2H3,(H3,20,21,22,23)/t16-,17+/m1/s1. The minimum absolute atomic E-state index is 0.123. The van der Waals surface area contributed by atoms with Gasteiger partial charge >= 0.3 is 0 Å². The van der Waals surface area contributed by atoms with Crippen molar-refractivity contribution >= 4 is 11.9 Å². The van der Waals surface area contributed by atoms with Crippen molar-refractivity contribution in [3.8, 4) is 0 Å². The second-order valence-corrected chi connectivity index (χ2v) is 6.51. The number of fused-ring (bicyclic) bond motifs is 1. The summed E-state index contributed by atoms with van der Waals surface area (Å²) in [4.78, 5) is 4.36. The van der Waals surface area contributed by atoms with E-state index < -0.39 is 0 Å². The van der Waals surface area contributed by atoms with Crippen LogP contribution in [-0.4, -0.2) is 14.8 Å². The van der Waals surface area contributed by atoms with Crippen LogP contribution in [0.15, 0.2) is 48.5 Å². The van der Waals surface area contributed by atoms with E-state index in [1.54, 1.807) is 0 Å². The largest absolute Gasteiger partial charge is 0.366 e. The molecular weight excluding hydrogens is 298 g/mol. The van der Waals surface area contributed by atoms with Gasteiger partial charge in [-0.3, -0.25) is 0 Å². The summed E-state index contributed by atoms with van der Waals surface area (Å²) in [6.07, 6.45) is 0.905. The Labute approximate surface area is 141 Å². The maximum absolute atomic E-state index is 5.84. The summed E-state index contributed by atoms with van der Waals surface area (Å²) in [5.41, 5.74) is 10.8. The van der Waals surface area contributed by atoms with Gasteiger partial charge in [0.2, 0.25) is 11.9 Å². The highest BCUT2D eigenvalue weighted by atomic mass is 15.4. The van der Waals surface area contributed by atoms with Gasteiger partial charge in [-0.1, -0.05) is 59.7 Å². The molecular formula is C19H21N5. The van der Waals surface area contributed by atoms with Crippen LogP contribution in [0.4, 0.5) is 11.9 Å². The molecule has 4 rings (SSSR count). The van der Waals surface area contributed by atoms with Crippen LogP contribution in [0.2, 0.25) is 0 Å². The Balaban J connectivity index is 1.74. The number of nitrogens with zero attached hydrogens (tertiary/aromatic N) is 3. The van der Waals surface area contributed by atoms with E-state index in [9.17, 15) is 0 Å². The number of hydrogen-bond donors (Lipinski definition) is 2. The first-order chi connectivity index (χ1) is 11.6. The Morgan fingerprint density at radius 3 is 2.17 bits per heavy atom. The molecule has 122 valence electrons. The summed E-state index contributed by atoms with van der Waals surface area (Å²) < 4.78 is 1.91. The first-order valence-electron chi connectivity index (χ1n) is 8.22. The third-order valence-corrected chi connectivity index (χ3v) is 4.65. The minimum atomic E-state index is 0.123. The van der Waals surface area contributed by atoms with Gasteiger partial charge in [-0.05, 0) is 31.4 Å². The second kappa shape index (κ2) is 5.67. The van der Waals surface area contributed by atoms with Gasteiger partial charge in [0, 0.05) is 0 Å². The maximum atomic E-state index is 5.84. The molecule has 0 fully saturated rings. The van der Waals surface area contributed by atoms with Crippen LogP contribution in [0.3, 0.4) is 0 Å². The van der Waals surface area contributed by atoms with E-state index in [0.29, 0.717) is 5.95 Å². The number of aryl methyl sites for hydroxylation is 2. The lowest BCUT2D eigenvalue weighted by molar-refractivity contribution is 0.431. The Kier molecular flexibility index (Phi) is 3.49. The van der Waals surface area contributed by atoms with Crippen molar-refractivity contribution in [2.45, 2.75) is 32.4 Å². The molecule has 1 aliphatic heterocycles. The molecule has 2 heterocycles. The maximum Gasteiger partial charge on any atom is 0.241 e. The lowest BCUT2D eigenvalue weighted by Crippen LogP contribution is -2.28. The topological polar surface area (TPSA) is 68.8 Å². The van der Waals surface area contributed by atoms with Gasteiger partial charge in [0.1, 0.15) is 0 Å². The Bertz CT molecular complexity index is 848. The summed E-state index contributed by atoms with van der Waals surface area (Å²) in [7, 11) is 0. The molecule has 2 atom stereocenters. The number of benzene rings is 2. The summed E-state index contributed by atoms with van der Waals surface area (Å²) >= 11 is 0. The highest BCUT2D eigenvalue weighted by molar-refractivity contribution is 5.42. The van der Waals surface area contributed by atoms with Crippen LogP contribution < -0.4 is 11.1 Å². The first-order valence-corrected chi connectivity index (χ1v) is 8.22. The van der Waals surface area contributed by atoms with Crippen molar-refractivity contribution in [3.05, 3.63) is 70.8 Å². The molecule has 5 nitrogen and oxygen atoms in total. The number of nitrogens with two attached hydrogens (primary N) is 1. The molecule has 0 saturated heterocycles. The molecule has 0 unspecified atom stereocenters. The predicted molar refractivity (Wildman–Crippen MR) is 95.9 cm³/mol. The van der Waals surface area contributed by atoms with Gasteiger partial charge in [0.05, 0.1) is 12.1 Å². The zero-order valence-corrected chi connectivity index (χ0v) is 13.9. The number of anilines is 2. The summed E-state index contributed by atoms with van der Waals surface area (Å²) in [5.74, 6) is 1.04. The quantitative estimate of drug-likeness (QED) is 0.757. The molecule has 5 heteroatoms. The molecule has 0 aliphatic carbocycles. The van der Waals surface area contributed by atoms with Crippen molar-refractivity contribution in [1.82, 2.24) is 14.8 Å². The van der Waals surface area contributed by atoms with Crippen molar-refractivity contribution in [2.75, 3.05) is 11.1 Å². The van der Waals surface area contributed by atoms with Crippen LogP contribution in [0, 0.1) is 13.8 Å². The number of nitrogens with one attached hydrogen (secondary N) is 1. The Morgan fingerprint density at radius 1 is 0.958 bits per heavy atom. The van der Waals surface area contributed by atoms with Gasteiger partial charge < -0.3 is 11.1 Å². The van der Waals surface area contributed by atoms with E-state index in [4.69, 9.17) is 5.73 Å². The molecule has 0 radical (unpaired) electrons. The first kappa shape index (κ1) is 14.8. The molecule has 0 saturated carbocycles. The molecule has 2 aromatic carbocycles. The Hall–Kier alpha value is -2.82. The fraction of sp³-hybridized carbons (Fsp3) is 0.263. The third kappa shape index (κ3) is 2.62. The number of rotatable bonds is 2. The van der Waals surface area contributed by atoms with Gasteiger partial charge in [-0.15, -0.1) is 5.10 Å². The lowest BCUT2D eigenvalue weighted by Gasteiger charge is -2.31. The van der Waals surface area contributed by atoms with Gasteiger partial charge in [-0.2, -0.15) is 4.98 Å². The average Bonchev–Trinajstić information content (AvgIpc) is 2.95. The van der Waals surface area contributed by atoms with Crippen molar-refractivity contribution in [1.29, 1.82) is 0 Å². The molecule has 1 aliphatic rings. The highest BCUT2D eigenvalue weighted by Crippen LogP contribution is 2.38. The molecule has 0 bridgehead atoms. The van der Waals surface area contributed by atoms with E-state index in [2.05, 4.69) is 77.8 Å². The van der Waals surface area contributed by atoms with Crippen LogP contribution in [-0.2, 0) is 0 Å². The minimum Gasteiger partial charge on any atom is -0.366 e. The van der Waals surface area contributed by atoms with Crippen LogP contribution in [0.25, 0.3) is 0 Å². The zero-order valence-electron chi connectivity index (χ0n) is 13.9. The van der Waals surface area contributed by atoms with E-state index in [1.807, 2.05) is 4.68 Å². The lowest BCUT2D eigenvalue weighted by atomic mass is 9.92. The number of aromatic nitrogens is 3. The molecule has 0 amide bonds. The smallest absolute Gasteiger partial charge is 0.241 e. The predicted octanol–water partition coefficient (Wildman–Crippen LogP) is 3.62. The second-order valence-electron chi connectivity index (χ2n) is 6.51. The highest BCUT2D eigenvalue weighted by Gasteiger charge is 2.30. The van der Waals surface area contributed by atoms with E-state index in [-0.39, 0.29) is 12.1 Å². The third-order valence-electron chi connectivity index (χ3n) is 4.65. The number of nitrogen functional groups attached to an aromatic ring is 1. The van der Waals surface area contributed by atoms with Crippen LogP contribution in [0.1, 0.15) is 40.8 Å². The van der Waals surface area contributed by atoms with Gasteiger partial charge in [-0.25, -0.2) is 4.68 Å². The van der Waals surface area contributed by atoms with Crippen LogP contribution >= 0.6 is 0 Å². The van der Waals surface area contributed by atoms with Crippen molar-refractivity contribution < 1.29 is 0 Å². The fourth-order valence-electron chi connectivity index (χ4n) is 3.28. The SMILES string of the molecule is Cc1ccc([C@H]2C[C@@H](c3ccc(C)cc3)n3nc(N)nc3N2)cc1. The van der Waals surface area contributed by atoms with Crippen LogP contribution in [0.5, 0.6) is 0 Å². The Morgan fingerprint density at radius 2 is 1.54 bits per heavy atom. The molecule has 3 N–H and O–H groups in total. The van der Waals surface area contributed by atoms with Gasteiger partial charge in [0.15, 0.2) is 0 Å². The fourth-order valence-corrected chi connectivity index (χ4v) is 3.28. The molecule has 0 spiro atoms. The summed E-state index contributed by atoms with van der Waals surface area (Å²) in [6, 6.07) is 17.6. The van der Waals surface area contributed by atoms with Gasteiger partial charge in [0.25, 0.3) is 0 Å². The molecule has 24 heavy (non-hydrogen) atoms. The zero-order chi connectivity index (χ0) is 16.7. The molecule has 1 aromatic heterocycles.